The average Bonchev–Trinajstić information content (AvgIpc) is 3.50. The first kappa shape index (κ1) is 18.0. The maximum atomic E-state index is 14.2. The number of carbonyl (C=O) groups is 1. The molecular weight excluding hydrogens is 341 g/mol. The molecule has 1 heterocycles. The second-order valence-corrected chi connectivity index (χ2v) is 7.68. The number of halogens is 1. The Morgan fingerprint density at radius 2 is 2.11 bits per heavy atom. The molecular formula is C23H26FNO2. The predicted molar refractivity (Wildman–Crippen MR) is 105 cm³/mol. The van der Waals surface area contributed by atoms with Crippen molar-refractivity contribution in [3.8, 4) is 5.75 Å². The van der Waals surface area contributed by atoms with E-state index < -0.39 is 0 Å². The number of benzene rings is 2. The zero-order valence-corrected chi connectivity index (χ0v) is 15.6. The van der Waals surface area contributed by atoms with E-state index >= 15 is 0 Å². The first-order valence-electron chi connectivity index (χ1n) is 9.95. The van der Waals surface area contributed by atoms with Gasteiger partial charge in [-0.25, -0.2) is 4.39 Å². The molecule has 0 unspecified atom stereocenters. The lowest BCUT2D eigenvalue weighted by molar-refractivity contribution is -0.107. The van der Waals surface area contributed by atoms with Crippen LogP contribution in [0.5, 0.6) is 5.75 Å². The quantitative estimate of drug-likeness (QED) is 0.634. The predicted octanol–water partition coefficient (Wildman–Crippen LogP) is 4.70. The van der Waals surface area contributed by atoms with Gasteiger partial charge in [0.2, 0.25) is 0 Å². The first-order valence-corrected chi connectivity index (χ1v) is 9.95. The number of aldehydes is 1. The molecule has 142 valence electrons. The molecule has 0 N–H and O–H groups in total. The minimum atomic E-state index is -0.261. The van der Waals surface area contributed by atoms with E-state index in [4.69, 9.17) is 4.74 Å². The van der Waals surface area contributed by atoms with E-state index in [2.05, 4.69) is 17.0 Å². The van der Waals surface area contributed by atoms with Crippen molar-refractivity contribution in [3.05, 3.63) is 58.9 Å². The van der Waals surface area contributed by atoms with Gasteiger partial charge < -0.3 is 14.4 Å². The van der Waals surface area contributed by atoms with Crippen LogP contribution in [-0.4, -0.2) is 19.4 Å². The summed E-state index contributed by atoms with van der Waals surface area (Å²) in [7, 11) is 0. The van der Waals surface area contributed by atoms with Crippen LogP contribution in [-0.2, 0) is 24.2 Å². The number of rotatable bonds is 8. The lowest BCUT2D eigenvalue weighted by Gasteiger charge is -2.33. The number of hydrogen-bond acceptors (Lipinski definition) is 3. The van der Waals surface area contributed by atoms with E-state index in [0.717, 1.165) is 43.0 Å². The van der Waals surface area contributed by atoms with Gasteiger partial charge >= 0.3 is 0 Å². The zero-order chi connectivity index (χ0) is 18.6. The third-order valence-corrected chi connectivity index (χ3v) is 5.49. The van der Waals surface area contributed by atoms with Crippen LogP contribution in [0.25, 0.3) is 0 Å². The topological polar surface area (TPSA) is 29.5 Å². The summed E-state index contributed by atoms with van der Waals surface area (Å²) in [5.41, 5.74) is 3.98. The minimum Gasteiger partial charge on any atom is -0.487 e. The number of fused-ring (bicyclic) bond motifs is 1. The van der Waals surface area contributed by atoms with Crippen molar-refractivity contribution in [2.75, 3.05) is 18.0 Å². The molecule has 2 aliphatic rings. The van der Waals surface area contributed by atoms with E-state index in [9.17, 15) is 9.18 Å². The Labute approximate surface area is 160 Å². The van der Waals surface area contributed by atoms with Crippen LogP contribution in [0.4, 0.5) is 10.1 Å². The summed E-state index contributed by atoms with van der Waals surface area (Å²) in [4.78, 5) is 13.0. The largest absolute Gasteiger partial charge is 0.487 e. The van der Waals surface area contributed by atoms with Crippen molar-refractivity contribution >= 4 is 12.0 Å². The summed E-state index contributed by atoms with van der Waals surface area (Å²) >= 11 is 0. The molecule has 0 radical (unpaired) electrons. The van der Waals surface area contributed by atoms with Gasteiger partial charge in [0.05, 0.1) is 5.69 Å². The molecule has 2 aromatic carbocycles. The number of para-hydroxylation sites is 1. The van der Waals surface area contributed by atoms with Crippen LogP contribution in [0.3, 0.4) is 0 Å². The Morgan fingerprint density at radius 3 is 2.89 bits per heavy atom. The molecule has 1 saturated carbocycles. The normalized spacial score (nSPS) is 16.1. The molecule has 1 aliphatic heterocycles. The lowest BCUT2D eigenvalue weighted by atomic mass is 10.0. The zero-order valence-electron chi connectivity index (χ0n) is 15.6. The van der Waals surface area contributed by atoms with E-state index in [0.29, 0.717) is 25.0 Å². The summed E-state index contributed by atoms with van der Waals surface area (Å²) in [6, 6.07) is 11.5. The molecule has 0 saturated heterocycles. The summed E-state index contributed by atoms with van der Waals surface area (Å²) < 4.78 is 20.3. The van der Waals surface area contributed by atoms with Crippen molar-refractivity contribution in [3.63, 3.8) is 0 Å². The number of hydrogen-bond donors (Lipinski definition) is 0. The molecule has 27 heavy (non-hydrogen) atoms. The maximum Gasteiger partial charge on any atom is 0.143 e. The number of nitrogens with zero attached hydrogens (tertiary/aromatic N) is 1. The SMILES string of the molecule is O=CCCc1ccc(COc2cccc3c2N(CC2CC2)CCC3)cc1F. The van der Waals surface area contributed by atoms with Crippen LogP contribution in [0.2, 0.25) is 0 Å². The van der Waals surface area contributed by atoms with Crippen LogP contribution < -0.4 is 9.64 Å². The fourth-order valence-electron chi connectivity index (χ4n) is 3.87. The summed E-state index contributed by atoms with van der Waals surface area (Å²) in [6.07, 6.45) is 6.57. The molecule has 4 rings (SSSR count). The van der Waals surface area contributed by atoms with Gasteiger partial charge in [-0.15, -0.1) is 0 Å². The Morgan fingerprint density at radius 1 is 1.22 bits per heavy atom. The van der Waals surface area contributed by atoms with Crippen LogP contribution >= 0.6 is 0 Å². The van der Waals surface area contributed by atoms with E-state index in [-0.39, 0.29) is 5.82 Å². The molecule has 1 aliphatic carbocycles. The first-order chi connectivity index (χ1) is 13.2. The fraction of sp³-hybridized carbons (Fsp3) is 0.435. The van der Waals surface area contributed by atoms with Crippen molar-refractivity contribution < 1.29 is 13.9 Å². The molecule has 1 fully saturated rings. The molecule has 0 amide bonds. The molecule has 0 bridgehead atoms. The Hall–Kier alpha value is -2.36. The van der Waals surface area contributed by atoms with Gasteiger partial charge in [0.15, 0.2) is 0 Å². The van der Waals surface area contributed by atoms with E-state index in [1.807, 2.05) is 12.1 Å². The Kier molecular flexibility index (Phi) is 5.42. The molecule has 0 aromatic heterocycles. The highest BCUT2D eigenvalue weighted by molar-refractivity contribution is 5.65. The van der Waals surface area contributed by atoms with Gasteiger partial charge in [-0.2, -0.15) is 0 Å². The van der Waals surface area contributed by atoms with Gasteiger partial charge in [-0.3, -0.25) is 0 Å². The average molecular weight is 367 g/mol. The fourth-order valence-corrected chi connectivity index (χ4v) is 3.87. The second-order valence-electron chi connectivity index (χ2n) is 7.68. The number of aryl methyl sites for hydroxylation is 2. The number of anilines is 1. The molecule has 0 atom stereocenters. The minimum absolute atomic E-state index is 0.261. The van der Waals surface area contributed by atoms with Crippen molar-refractivity contribution in [2.45, 2.75) is 45.1 Å². The third-order valence-electron chi connectivity index (χ3n) is 5.49. The van der Waals surface area contributed by atoms with E-state index in [1.54, 1.807) is 6.07 Å². The summed E-state index contributed by atoms with van der Waals surface area (Å²) in [5.74, 6) is 1.47. The number of ether oxygens (including phenoxy) is 1. The van der Waals surface area contributed by atoms with Gasteiger partial charge in [0, 0.05) is 19.5 Å². The highest BCUT2D eigenvalue weighted by Gasteiger charge is 2.28. The van der Waals surface area contributed by atoms with Crippen LogP contribution in [0, 0.1) is 11.7 Å². The van der Waals surface area contributed by atoms with Crippen LogP contribution in [0.1, 0.15) is 42.4 Å². The highest BCUT2D eigenvalue weighted by atomic mass is 19.1. The highest BCUT2D eigenvalue weighted by Crippen LogP contribution is 2.40. The standard InChI is InChI=1S/C23H26FNO2/c24-21-14-18(10-11-19(21)6-3-13-26)16-27-22-7-1-4-20-5-2-12-25(23(20)22)15-17-8-9-17/h1,4,7,10-11,13-14,17H,2-3,5-6,8-9,12,15-16H2. The van der Waals surface area contributed by atoms with Crippen molar-refractivity contribution in [1.29, 1.82) is 0 Å². The van der Waals surface area contributed by atoms with E-state index in [1.165, 1.54) is 36.6 Å². The van der Waals surface area contributed by atoms with Gasteiger partial charge in [-0.05, 0) is 66.8 Å². The van der Waals surface area contributed by atoms with Crippen molar-refractivity contribution in [1.82, 2.24) is 0 Å². The number of carbonyl (C=O) groups excluding carboxylic acids is 1. The molecule has 0 spiro atoms. The lowest BCUT2D eigenvalue weighted by Crippen LogP contribution is -2.31. The van der Waals surface area contributed by atoms with Gasteiger partial charge in [0.1, 0.15) is 24.5 Å². The van der Waals surface area contributed by atoms with Crippen molar-refractivity contribution in [2.24, 2.45) is 5.92 Å². The molecule has 3 nitrogen and oxygen atoms in total. The molecule has 4 heteroatoms. The summed E-state index contributed by atoms with van der Waals surface area (Å²) in [6.45, 7) is 2.55. The third kappa shape index (κ3) is 4.32. The van der Waals surface area contributed by atoms with Crippen LogP contribution in [0.15, 0.2) is 36.4 Å². The molecule has 2 aromatic rings. The monoisotopic (exact) mass is 367 g/mol. The van der Waals surface area contributed by atoms with Gasteiger partial charge in [0.25, 0.3) is 0 Å². The smallest absolute Gasteiger partial charge is 0.143 e. The second kappa shape index (κ2) is 8.12. The Bertz CT molecular complexity index is 816. The maximum absolute atomic E-state index is 14.2. The summed E-state index contributed by atoms with van der Waals surface area (Å²) in [5, 5.41) is 0. The Balaban J connectivity index is 1.48. The van der Waals surface area contributed by atoms with Gasteiger partial charge in [-0.1, -0.05) is 24.3 Å².